The van der Waals surface area contributed by atoms with Crippen LogP contribution in [0.2, 0.25) is 5.02 Å². The summed E-state index contributed by atoms with van der Waals surface area (Å²) in [6.45, 7) is 3.47. The van der Waals surface area contributed by atoms with Gasteiger partial charge in [-0.1, -0.05) is 23.7 Å². The van der Waals surface area contributed by atoms with Crippen molar-refractivity contribution >= 4 is 39.1 Å². The van der Waals surface area contributed by atoms with Gasteiger partial charge in [-0.15, -0.1) is 0 Å². The molecule has 10 heteroatoms. The number of hydrogen-bond donors (Lipinski definition) is 1. The molecule has 1 atom stereocenters. The topological polar surface area (TPSA) is 96.0 Å². The Morgan fingerprint density at radius 1 is 1.09 bits per heavy atom. The lowest BCUT2D eigenvalue weighted by molar-refractivity contribution is -0.139. The van der Waals surface area contributed by atoms with Crippen molar-refractivity contribution in [1.82, 2.24) is 10.2 Å². The van der Waals surface area contributed by atoms with Crippen molar-refractivity contribution in [3.8, 4) is 5.75 Å². The number of carbonyl (C=O) groups excluding carboxylic acids is 2. The molecule has 0 aromatic heterocycles. The number of methoxy groups -OCH3 is 1. The van der Waals surface area contributed by atoms with E-state index in [4.69, 9.17) is 16.3 Å². The van der Waals surface area contributed by atoms with Crippen LogP contribution < -0.4 is 14.4 Å². The molecule has 32 heavy (non-hydrogen) atoms. The number of carbonyl (C=O) groups is 2. The highest BCUT2D eigenvalue weighted by atomic mass is 35.5. The Morgan fingerprint density at radius 3 is 2.19 bits per heavy atom. The summed E-state index contributed by atoms with van der Waals surface area (Å²) in [6.07, 6.45) is 1.02. The first-order valence-corrected chi connectivity index (χ1v) is 12.2. The number of sulfonamides is 1. The smallest absolute Gasteiger partial charge is 0.244 e. The zero-order valence-corrected chi connectivity index (χ0v) is 20.1. The molecular formula is C22H28ClN3O5S. The van der Waals surface area contributed by atoms with Crippen molar-refractivity contribution in [3.63, 3.8) is 0 Å². The molecule has 0 spiro atoms. The number of nitrogens with zero attached hydrogens (tertiary/aromatic N) is 2. The van der Waals surface area contributed by atoms with Crippen molar-refractivity contribution in [2.45, 2.75) is 26.4 Å². The van der Waals surface area contributed by atoms with Crippen LogP contribution in [0.3, 0.4) is 0 Å². The molecule has 2 aromatic rings. The van der Waals surface area contributed by atoms with E-state index in [0.29, 0.717) is 23.0 Å². The number of ether oxygens (including phenoxy) is 1. The molecule has 0 aliphatic heterocycles. The highest BCUT2D eigenvalue weighted by molar-refractivity contribution is 7.92. The molecule has 0 saturated carbocycles. The predicted octanol–water partition coefficient (Wildman–Crippen LogP) is 2.67. The second-order valence-electron chi connectivity index (χ2n) is 7.19. The van der Waals surface area contributed by atoms with Crippen molar-refractivity contribution in [2.24, 2.45) is 0 Å². The third kappa shape index (κ3) is 6.86. The number of amides is 2. The Balaban J connectivity index is 2.35. The van der Waals surface area contributed by atoms with E-state index >= 15 is 0 Å². The summed E-state index contributed by atoms with van der Waals surface area (Å²) in [5.41, 5.74) is 1.08. The number of rotatable bonds is 10. The number of benzene rings is 2. The quantitative estimate of drug-likeness (QED) is 0.562. The molecule has 8 nitrogen and oxygen atoms in total. The van der Waals surface area contributed by atoms with Gasteiger partial charge in [-0.2, -0.15) is 0 Å². The van der Waals surface area contributed by atoms with Crippen LogP contribution in [0.5, 0.6) is 5.75 Å². The number of anilines is 1. The lowest BCUT2D eigenvalue weighted by atomic mass is 10.1. The van der Waals surface area contributed by atoms with E-state index in [9.17, 15) is 18.0 Å². The van der Waals surface area contributed by atoms with E-state index in [1.807, 2.05) is 0 Å². The van der Waals surface area contributed by atoms with Crippen LogP contribution in [-0.4, -0.2) is 57.6 Å². The van der Waals surface area contributed by atoms with Crippen LogP contribution in [0.15, 0.2) is 48.5 Å². The Bertz CT molecular complexity index is 1030. The highest BCUT2D eigenvalue weighted by Crippen LogP contribution is 2.21. The second kappa shape index (κ2) is 11.2. The van der Waals surface area contributed by atoms with Crippen LogP contribution in [0.4, 0.5) is 5.69 Å². The summed E-state index contributed by atoms with van der Waals surface area (Å²) in [7, 11) is -2.22. The first-order chi connectivity index (χ1) is 15.1. The highest BCUT2D eigenvalue weighted by Gasteiger charge is 2.29. The van der Waals surface area contributed by atoms with Gasteiger partial charge in [0.2, 0.25) is 21.8 Å². The third-order valence-electron chi connectivity index (χ3n) is 4.82. The number of hydrogen-bond acceptors (Lipinski definition) is 5. The van der Waals surface area contributed by atoms with E-state index in [2.05, 4.69) is 5.32 Å². The van der Waals surface area contributed by atoms with Gasteiger partial charge in [0.05, 0.1) is 19.1 Å². The van der Waals surface area contributed by atoms with Gasteiger partial charge in [0.25, 0.3) is 0 Å². The van der Waals surface area contributed by atoms with Gasteiger partial charge < -0.3 is 15.0 Å². The van der Waals surface area contributed by atoms with Gasteiger partial charge in [0.15, 0.2) is 0 Å². The average Bonchev–Trinajstić information content (AvgIpc) is 2.75. The zero-order valence-electron chi connectivity index (χ0n) is 18.5. The normalized spacial score (nSPS) is 12.0. The summed E-state index contributed by atoms with van der Waals surface area (Å²) in [6, 6.07) is 12.4. The van der Waals surface area contributed by atoms with E-state index in [1.54, 1.807) is 57.4 Å². The van der Waals surface area contributed by atoms with Crippen LogP contribution in [0.1, 0.15) is 19.4 Å². The largest absolute Gasteiger partial charge is 0.497 e. The Hall–Kier alpha value is -2.78. The number of nitrogens with one attached hydrogen (secondary N) is 1. The van der Waals surface area contributed by atoms with Gasteiger partial charge in [-0.05, 0) is 55.8 Å². The van der Waals surface area contributed by atoms with Crippen LogP contribution >= 0.6 is 11.6 Å². The van der Waals surface area contributed by atoms with Gasteiger partial charge in [-0.3, -0.25) is 13.9 Å². The monoisotopic (exact) mass is 481 g/mol. The Morgan fingerprint density at radius 2 is 1.69 bits per heavy atom. The molecule has 0 heterocycles. The molecule has 0 fully saturated rings. The molecule has 0 radical (unpaired) electrons. The molecule has 0 bridgehead atoms. The van der Waals surface area contributed by atoms with Crippen LogP contribution in [0.25, 0.3) is 0 Å². The van der Waals surface area contributed by atoms with Gasteiger partial charge in [0, 0.05) is 18.1 Å². The molecule has 2 amide bonds. The van der Waals surface area contributed by atoms with Crippen molar-refractivity contribution in [3.05, 3.63) is 59.1 Å². The molecular weight excluding hydrogens is 454 g/mol. The van der Waals surface area contributed by atoms with Crippen LogP contribution in [-0.2, 0) is 26.2 Å². The molecule has 1 N–H and O–H groups in total. The summed E-state index contributed by atoms with van der Waals surface area (Å²) in [5, 5.41) is 3.15. The van der Waals surface area contributed by atoms with Gasteiger partial charge in [0.1, 0.15) is 18.3 Å². The minimum absolute atomic E-state index is 0.124. The molecule has 0 unspecified atom stereocenters. The third-order valence-corrected chi connectivity index (χ3v) is 6.22. The molecule has 174 valence electrons. The lowest BCUT2D eigenvalue weighted by Gasteiger charge is -2.31. The maximum atomic E-state index is 13.3. The maximum Gasteiger partial charge on any atom is 0.244 e. The predicted molar refractivity (Wildman–Crippen MR) is 125 cm³/mol. The number of halogens is 1. The lowest BCUT2D eigenvalue weighted by Crippen LogP contribution is -2.51. The second-order valence-corrected chi connectivity index (χ2v) is 9.53. The van der Waals surface area contributed by atoms with Crippen LogP contribution in [0, 0.1) is 0 Å². The summed E-state index contributed by atoms with van der Waals surface area (Å²) >= 11 is 5.91. The molecule has 2 rings (SSSR count). The summed E-state index contributed by atoms with van der Waals surface area (Å²) in [5.74, 6) is -0.180. The first-order valence-electron chi connectivity index (χ1n) is 10.00. The minimum atomic E-state index is -3.77. The Labute approximate surface area is 194 Å². The minimum Gasteiger partial charge on any atom is -0.497 e. The maximum absolute atomic E-state index is 13.3. The molecule has 0 saturated heterocycles. The van der Waals surface area contributed by atoms with Crippen molar-refractivity contribution in [1.29, 1.82) is 0 Å². The van der Waals surface area contributed by atoms with E-state index in [0.717, 1.165) is 16.1 Å². The fourth-order valence-corrected chi connectivity index (χ4v) is 4.03. The van der Waals surface area contributed by atoms with Crippen molar-refractivity contribution in [2.75, 3.05) is 30.8 Å². The first kappa shape index (κ1) is 25.5. The Kier molecular flexibility index (Phi) is 8.91. The fraction of sp³-hybridized carbons (Fsp3) is 0.364. The van der Waals surface area contributed by atoms with E-state index in [-0.39, 0.29) is 12.5 Å². The summed E-state index contributed by atoms with van der Waals surface area (Å²) in [4.78, 5) is 27.2. The fourth-order valence-electron chi connectivity index (χ4n) is 3.05. The summed E-state index contributed by atoms with van der Waals surface area (Å²) < 4.78 is 31.0. The number of likely N-dealkylation sites (N-methyl/N-ethyl adjacent to an activating group) is 1. The van der Waals surface area contributed by atoms with Gasteiger partial charge in [-0.25, -0.2) is 8.42 Å². The molecule has 0 aliphatic rings. The van der Waals surface area contributed by atoms with E-state index in [1.165, 1.54) is 17.0 Å². The average molecular weight is 482 g/mol. The zero-order chi connectivity index (χ0) is 23.9. The standard InChI is InChI=1S/C22H28ClN3O5S/c1-5-24-22(28)16(2)25(14-17-6-12-20(31-3)13-7-17)21(27)15-26(32(4,29)30)19-10-8-18(23)9-11-19/h6-13,16H,5,14-15H2,1-4H3,(H,24,28)/t16-/m1/s1. The van der Waals surface area contributed by atoms with Crippen molar-refractivity contribution < 1.29 is 22.7 Å². The van der Waals surface area contributed by atoms with Gasteiger partial charge >= 0.3 is 0 Å². The SMILES string of the molecule is CCNC(=O)[C@@H](C)N(Cc1ccc(OC)cc1)C(=O)CN(c1ccc(Cl)cc1)S(C)(=O)=O. The van der Waals surface area contributed by atoms with E-state index < -0.39 is 28.5 Å². The molecule has 0 aliphatic carbocycles. The molecule has 2 aromatic carbocycles.